The molecule has 0 atom stereocenters. The van der Waals surface area contributed by atoms with Gasteiger partial charge >= 0.3 is 0 Å². The fourth-order valence-electron chi connectivity index (χ4n) is 3.25. The van der Waals surface area contributed by atoms with Crippen molar-refractivity contribution in [1.82, 2.24) is 9.88 Å². The first-order chi connectivity index (χ1) is 13.2. The summed E-state index contributed by atoms with van der Waals surface area (Å²) in [6.45, 7) is 2.98. The number of ether oxygens (including phenoxy) is 1. The second-order valence-corrected chi connectivity index (χ2v) is 8.17. The molecule has 1 aliphatic heterocycles. The molecule has 1 aromatic heterocycles. The third-order valence-electron chi connectivity index (χ3n) is 4.74. The van der Waals surface area contributed by atoms with E-state index in [4.69, 9.17) is 9.72 Å². The van der Waals surface area contributed by atoms with Crippen LogP contribution in [0.2, 0.25) is 0 Å². The summed E-state index contributed by atoms with van der Waals surface area (Å²) in [5, 5.41) is 1.04. The minimum atomic E-state index is 0.0579. The van der Waals surface area contributed by atoms with E-state index in [1.807, 2.05) is 23.1 Å². The molecule has 2 heterocycles. The molecule has 140 valence electrons. The molecular formula is C20H21N3O2S2. The standard InChI is InChI=1S/C20H21N3O2S2/c1-25-15-6-3-5-14(13-15)19(24)22-9-11-23(12-10-22)20-21-18-16(26-2)7-4-8-17(18)27-20/h3-8,13H,9-12H2,1-2H3. The first-order valence-corrected chi connectivity index (χ1v) is 10.9. The molecule has 0 saturated carbocycles. The Balaban J connectivity index is 1.46. The number of rotatable bonds is 4. The van der Waals surface area contributed by atoms with Crippen molar-refractivity contribution in [3.8, 4) is 5.75 Å². The van der Waals surface area contributed by atoms with Gasteiger partial charge in [0.1, 0.15) is 5.75 Å². The highest BCUT2D eigenvalue weighted by Crippen LogP contribution is 2.34. The molecular weight excluding hydrogens is 378 g/mol. The van der Waals surface area contributed by atoms with Gasteiger partial charge in [-0.15, -0.1) is 11.8 Å². The lowest BCUT2D eigenvalue weighted by Crippen LogP contribution is -2.48. The van der Waals surface area contributed by atoms with Crippen molar-refractivity contribution in [1.29, 1.82) is 0 Å². The van der Waals surface area contributed by atoms with Crippen LogP contribution >= 0.6 is 23.1 Å². The van der Waals surface area contributed by atoms with E-state index in [-0.39, 0.29) is 5.91 Å². The molecule has 7 heteroatoms. The fraction of sp³-hybridized carbons (Fsp3) is 0.300. The number of piperazine rings is 1. The zero-order valence-corrected chi connectivity index (χ0v) is 17.0. The Morgan fingerprint density at radius 2 is 1.93 bits per heavy atom. The molecule has 1 aliphatic rings. The molecule has 1 amide bonds. The Kier molecular flexibility index (Phi) is 5.22. The van der Waals surface area contributed by atoms with Crippen molar-refractivity contribution in [2.45, 2.75) is 4.90 Å². The minimum Gasteiger partial charge on any atom is -0.497 e. The van der Waals surface area contributed by atoms with Crippen LogP contribution in [0.5, 0.6) is 5.75 Å². The number of hydrogen-bond acceptors (Lipinski definition) is 6. The van der Waals surface area contributed by atoms with Crippen molar-refractivity contribution in [2.75, 3.05) is 44.4 Å². The number of para-hydroxylation sites is 1. The van der Waals surface area contributed by atoms with Crippen LogP contribution in [0, 0.1) is 0 Å². The Morgan fingerprint density at radius 3 is 2.67 bits per heavy atom. The van der Waals surface area contributed by atoms with Crippen molar-refractivity contribution >= 4 is 44.4 Å². The zero-order chi connectivity index (χ0) is 18.8. The lowest BCUT2D eigenvalue weighted by Gasteiger charge is -2.34. The first-order valence-electron chi connectivity index (χ1n) is 8.81. The van der Waals surface area contributed by atoms with Crippen molar-refractivity contribution in [3.63, 3.8) is 0 Å². The summed E-state index contributed by atoms with van der Waals surface area (Å²) in [5.41, 5.74) is 1.76. The molecule has 0 aliphatic carbocycles. The van der Waals surface area contributed by atoms with Gasteiger partial charge in [-0.05, 0) is 36.6 Å². The van der Waals surface area contributed by atoms with E-state index in [0.29, 0.717) is 24.4 Å². The van der Waals surface area contributed by atoms with Gasteiger partial charge in [-0.1, -0.05) is 23.5 Å². The number of carbonyl (C=O) groups excluding carboxylic acids is 1. The highest BCUT2D eigenvalue weighted by atomic mass is 32.2. The third-order valence-corrected chi connectivity index (χ3v) is 6.60. The van der Waals surface area contributed by atoms with Gasteiger partial charge in [-0.2, -0.15) is 0 Å². The minimum absolute atomic E-state index is 0.0579. The van der Waals surface area contributed by atoms with Gasteiger partial charge in [-0.3, -0.25) is 4.79 Å². The SMILES string of the molecule is COc1cccc(C(=O)N2CCN(c3nc4c(SC)cccc4s3)CC2)c1. The molecule has 0 unspecified atom stereocenters. The largest absolute Gasteiger partial charge is 0.497 e. The van der Waals surface area contributed by atoms with Gasteiger partial charge in [0, 0.05) is 36.6 Å². The van der Waals surface area contributed by atoms with Gasteiger partial charge < -0.3 is 14.5 Å². The Bertz CT molecular complexity index is 965. The monoisotopic (exact) mass is 399 g/mol. The van der Waals surface area contributed by atoms with E-state index in [1.165, 1.54) is 9.60 Å². The summed E-state index contributed by atoms with van der Waals surface area (Å²) < 4.78 is 6.44. The molecule has 1 fully saturated rings. The maximum atomic E-state index is 12.8. The normalized spacial score (nSPS) is 14.6. The van der Waals surface area contributed by atoms with Crippen LogP contribution in [0.4, 0.5) is 5.13 Å². The number of hydrogen-bond donors (Lipinski definition) is 0. The Hall–Kier alpha value is -2.25. The smallest absolute Gasteiger partial charge is 0.254 e. The highest BCUT2D eigenvalue weighted by molar-refractivity contribution is 7.98. The third kappa shape index (κ3) is 3.61. The fourth-order valence-corrected chi connectivity index (χ4v) is 4.92. The van der Waals surface area contributed by atoms with Crippen LogP contribution in [0.3, 0.4) is 0 Å². The number of aromatic nitrogens is 1. The van der Waals surface area contributed by atoms with E-state index in [2.05, 4.69) is 29.4 Å². The average Bonchev–Trinajstić information content (AvgIpc) is 3.18. The molecule has 0 radical (unpaired) electrons. The average molecular weight is 400 g/mol. The van der Waals surface area contributed by atoms with E-state index in [0.717, 1.165) is 23.7 Å². The molecule has 27 heavy (non-hydrogen) atoms. The van der Waals surface area contributed by atoms with Crippen molar-refractivity contribution < 1.29 is 9.53 Å². The number of benzene rings is 2. The Morgan fingerprint density at radius 1 is 1.15 bits per heavy atom. The molecule has 4 rings (SSSR count). The second kappa shape index (κ2) is 7.78. The molecule has 3 aromatic rings. The number of fused-ring (bicyclic) bond motifs is 1. The molecule has 0 spiro atoms. The molecule has 1 saturated heterocycles. The van der Waals surface area contributed by atoms with E-state index in [1.54, 1.807) is 36.3 Å². The van der Waals surface area contributed by atoms with Crippen LogP contribution in [-0.4, -0.2) is 55.3 Å². The summed E-state index contributed by atoms with van der Waals surface area (Å²) >= 11 is 3.45. The first kappa shape index (κ1) is 18.1. The quantitative estimate of drug-likeness (QED) is 0.621. The predicted octanol–water partition coefficient (Wildman–Crippen LogP) is 3.99. The van der Waals surface area contributed by atoms with Crippen molar-refractivity contribution in [2.24, 2.45) is 0 Å². The summed E-state index contributed by atoms with van der Waals surface area (Å²) in [6, 6.07) is 13.7. The number of carbonyl (C=O) groups is 1. The van der Waals surface area contributed by atoms with Gasteiger partial charge in [0.2, 0.25) is 0 Å². The van der Waals surface area contributed by atoms with E-state index < -0.39 is 0 Å². The summed E-state index contributed by atoms with van der Waals surface area (Å²) in [5.74, 6) is 0.765. The lowest BCUT2D eigenvalue weighted by atomic mass is 10.1. The van der Waals surface area contributed by atoms with Crippen LogP contribution in [-0.2, 0) is 0 Å². The van der Waals surface area contributed by atoms with Gasteiger partial charge in [0.25, 0.3) is 5.91 Å². The van der Waals surface area contributed by atoms with Crippen LogP contribution in [0.15, 0.2) is 47.4 Å². The second-order valence-electron chi connectivity index (χ2n) is 6.31. The number of thioether (sulfide) groups is 1. The molecule has 2 aromatic carbocycles. The summed E-state index contributed by atoms with van der Waals surface area (Å²) in [6.07, 6.45) is 2.08. The number of amides is 1. The van der Waals surface area contributed by atoms with Crippen LogP contribution < -0.4 is 9.64 Å². The number of thiazole rings is 1. The van der Waals surface area contributed by atoms with E-state index in [9.17, 15) is 4.79 Å². The molecule has 5 nitrogen and oxygen atoms in total. The lowest BCUT2D eigenvalue weighted by molar-refractivity contribution is 0.0746. The number of nitrogens with zero attached hydrogens (tertiary/aromatic N) is 3. The Labute approximate surface area is 166 Å². The number of methoxy groups -OCH3 is 1. The topological polar surface area (TPSA) is 45.7 Å². The van der Waals surface area contributed by atoms with Gasteiger partial charge in [0.05, 0.1) is 17.3 Å². The van der Waals surface area contributed by atoms with Gasteiger partial charge in [0.15, 0.2) is 5.13 Å². The van der Waals surface area contributed by atoms with Crippen molar-refractivity contribution in [3.05, 3.63) is 48.0 Å². The summed E-state index contributed by atoms with van der Waals surface area (Å²) in [7, 11) is 1.61. The van der Waals surface area contributed by atoms with Crippen LogP contribution in [0.1, 0.15) is 10.4 Å². The summed E-state index contributed by atoms with van der Waals surface area (Å²) in [4.78, 5) is 23.0. The van der Waals surface area contributed by atoms with E-state index >= 15 is 0 Å². The highest BCUT2D eigenvalue weighted by Gasteiger charge is 2.24. The molecule has 0 bridgehead atoms. The molecule has 0 N–H and O–H groups in total. The predicted molar refractivity (Wildman–Crippen MR) is 113 cm³/mol. The van der Waals surface area contributed by atoms with Crippen LogP contribution in [0.25, 0.3) is 10.2 Å². The maximum Gasteiger partial charge on any atom is 0.254 e. The number of anilines is 1. The van der Waals surface area contributed by atoms with Gasteiger partial charge in [-0.25, -0.2) is 4.98 Å². The zero-order valence-electron chi connectivity index (χ0n) is 15.3. The maximum absolute atomic E-state index is 12.8.